The van der Waals surface area contributed by atoms with Crippen LogP contribution >= 0.6 is 11.6 Å². The van der Waals surface area contributed by atoms with Crippen LogP contribution in [0.5, 0.6) is 0 Å². The normalized spacial score (nSPS) is 11.6. The van der Waals surface area contributed by atoms with Gasteiger partial charge in [-0.15, -0.1) is 0 Å². The Labute approximate surface area is 146 Å². The molecule has 126 valence electrons. The van der Waals surface area contributed by atoms with Crippen molar-refractivity contribution < 1.29 is 9.59 Å². The molecule has 1 heterocycles. The van der Waals surface area contributed by atoms with E-state index in [0.717, 1.165) is 11.1 Å². The molecule has 0 saturated heterocycles. The highest BCUT2D eigenvalue weighted by atomic mass is 35.5. The van der Waals surface area contributed by atoms with Crippen LogP contribution in [0.15, 0.2) is 48.8 Å². The van der Waals surface area contributed by atoms with Gasteiger partial charge in [-0.25, -0.2) is 0 Å². The standard InChI is InChI=1S/C18H20ClN3O2/c1-13(15-3-2-4-16(19)11-15)18(24)21-10-7-17(23)22-12-14-5-8-20-9-6-14/h2-6,8-9,11,13H,7,10,12H2,1H3,(H,21,24)(H,22,23)/t13-/m0/s1. The maximum absolute atomic E-state index is 12.1. The lowest BCUT2D eigenvalue weighted by Gasteiger charge is -2.13. The van der Waals surface area contributed by atoms with E-state index in [4.69, 9.17) is 11.6 Å². The second-order valence-electron chi connectivity index (χ2n) is 5.45. The minimum atomic E-state index is -0.316. The molecule has 0 aliphatic rings. The van der Waals surface area contributed by atoms with E-state index in [-0.39, 0.29) is 24.2 Å². The van der Waals surface area contributed by atoms with Crippen LogP contribution in [0, 0.1) is 0 Å². The van der Waals surface area contributed by atoms with Crippen molar-refractivity contribution in [1.29, 1.82) is 0 Å². The number of aromatic nitrogens is 1. The monoisotopic (exact) mass is 345 g/mol. The number of benzene rings is 1. The highest BCUT2D eigenvalue weighted by Gasteiger charge is 2.15. The number of hydrogen-bond acceptors (Lipinski definition) is 3. The molecule has 1 aromatic heterocycles. The molecule has 24 heavy (non-hydrogen) atoms. The Morgan fingerprint density at radius 1 is 1.17 bits per heavy atom. The van der Waals surface area contributed by atoms with Gasteiger partial charge in [0.2, 0.25) is 11.8 Å². The average molecular weight is 346 g/mol. The molecule has 2 rings (SSSR count). The minimum absolute atomic E-state index is 0.109. The Morgan fingerprint density at radius 2 is 1.92 bits per heavy atom. The molecule has 0 bridgehead atoms. The van der Waals surface area contributed by atoms with Gasteiger partial charge < -0.3 is 10.6 Å². The molecule has 2 N–H and O–H groups in total. The zero-order valence-electron chi connectivity index (χ0n) is 13.5. The summed E-state index contributed by atoms with van der Waals surface area (Å²) in [6.07, 6.45) is 3.59. The molecule has 0 spiro atoms. The summed E-state index contributed by atoms with van der Waals surface area (Å²) in [5.74, 6) is -0.551. The maximum Gasteiger partial charge on any atom is 0.227 e. The molecule has 1 aromatic carbocycles. The topological polar surface area (TPSA) is 71.1 Å². The zero-order chi connectivity index (χ0) is 17.4. The summed E-state index contributed by atoms with van der Waals surface area (Å²) in [5, 5.41) is 6.18. The summed E-state index contributed by atoms with van der Waals surface area (Å²) in [4.78, 5) is 27.8. The van der Waals surface area contributed by atoms with E-state index in [1.54, 1.807) is 24.5 Å². The van der Waals surface area contributed by atoms with Crippen molar-refractivity contribution in [3.8, 4) is 0 Å². The highest BCUT2D eigenvalue weighted by Crippen LogP contribution is 2.19. The van der Waals surface area contributed by atoms with Crippen LogP contribution in [-0.4, -0.2) is 23.3 Å². The van der Waals surface area contributed by atoms with Gasteiger partial charge in [0.15, 0.2) is 0 Å². The van der Waals surface area contributed by atoms with Crippen LogP contribution < -0.4 is 10.6 Å². The molecule has 5 nitrogen and oxygen atoms in total. The number of hydrogen-bond donors (Lipinski definition) is 2. The number of carbonyl (C=O) groups is 2. The van der Waals surface area contributed by atoms with E-state index in [0.29, 0.717) is 18.1 Å². The lowest BCUT2D eigenvalue weighted by Crippen LogP contribution is -2.32. The minimum Gasteiger partial charge on any atom is -0.355 e. The summed E-state index contributed by atoms with van der Waals surface area (Å²) >= 11 is 5.94. The van der Waals surface area contributed by atoms with Gasteiger partial charge in [0.05, 0.1) is 5.92 Å². The average Bonchev–Trinajstić information content (AvgIpc) is 2.60. The quantitative estimate of drug-likeness (QED) is 0.810. The fraction of sp³-hybridized carbons (Fsp3) is 0.278. The zero-order valence-corrected chi connectivity index (χ0v) is 14.2. The van der Waals surface area contributed by atoms with Gasteiger partial charge in [0.1, 0.15) is 0 Å². The van der Waals surface area contributed by atoms with E-state index in [9.17, 15) is 9.59 Å². The largest absolute Gasteiger partial charge is 0.355 e. The summed E-state index contributed by atoms with van der Waals surface area (Å²) in [5.41, 5.74) is 1.83. The molecule has 6 heteroatoms. The van der Waals surface area contributed by atoms with Crippen LogP contribution in [0.25, 0.3) is 0 Å². The van der Waals surface area contributed by atoms with Crippen molar-refractivity contribution in [3.63, 3.8) is 0 Å². The first-order chi connectivity index (χ1) is 11.6. The van der Waals surface area contributed by atoms with Crippen molar-refractivity contribution in [3.05, 3.63) is 64.9 Å². The fourth-order valence-corrected chi connectivity index (χ4v) is 2.37. The Kier molecular flexibility index (Phi) is 6.75. The van der Waals surface area contributed by atoms with E-state index in [1.165, 1.54) is 0 Å². The van der Waals surface area contributed by atoms with Crippen molar-refractivity contribution in [2.24, 2.45) is 0 Å². The van der Waals surface area contributed by atoms with Crippen molar-refractivity contribution in [1.82, 2.24) is 15.6 Å². The first-order valence-corrected chi connectivity index (χ1v) is 8.13. The number of nitrogens with zero attached hydrogens (tertiary/aromatic N) is 1. The van der Waals surface area contributed by atoms with E-state index in [2.05, 4.69) is 15.6 Å². The van der Waals surface area contributed by atoms with Crippen molar-refractivity contribution in [2.45, 2.75) is 25.8 Å². The lowest BCUT2D eigenvalue weighted by molar-refractivity contribution is -0.123. The molecule has 0 aliphatic carbocycles. The molecule has 0 radical (unpaired) electrons. The molecule has 0 aliphatic heterocycles. The fourth-order valence-electron chi connectivity index (χ4n) is 2.17. The number of carbonyl (C=O) groups excluding carboxylic acids is 2. The third kappa shape index (κ3) is 5.66. The first-order valence-electron chi connectivity index (χ1n) is 7.75. The number of rotatable bonds is 7. The predicted molar refractivity (Wildman–Crippen MR) is 93.6 cm³/mol. The van der Waals surface area contributed by atoms with Crippen LogP contribution in [0.3, 0.4) is 0 Å². The van der Waals surface area contributed by atoms with Gasteiger partial charge in [0.25, 0.3) is 0 Å². The van der Waals surface area contributed by atoms with Crippen LogP contribution in [0.2, 0.25) is 5.02 Å². The molecule has 1 atom stereocenters. The van der Waals surface area contributed by atoms with Gasteiger partial charge in [-0.1, -0.05) is 23.7 Å². The number of pyridine rings is 1. The number of halogens is 1. The van der Waals surface area contributed by atoms with E-state index < -0.39 is 0 Å². The molecular formula is C18H20ClN3O2. The second-order valence-corrected chi connectivity index (χ2v) is 5.89. The SMILES string of the molecule is C[C@H](C(=O)NCCC(=O)NCc1ccncc1)c1cccc(Cl)c1. The molecule has 0 unspecified atom stereocenters. The van der Waals surface area contributed by atoms with Gasteiger partial charge >= 0.3 is 0 Å². The third-order valence-electron chi connectivity index (χ3n) is 3.63. The van der Waals surface area contributed by atoms with E-state index in [1.807, 2.05) is 31.2 Å². The predicted octanol–water partition coefficient (Wildman–Crippen LogP) is 2.66. The van der Waals surface area contributed by atoms with Gasteiger partial charge in [0, 0.05) is 36.9 Å². The molecule has 2 aromatic rings. The Morgan fingerprint density at radius 3 is 2.62 bits per heavy atom. The molecule has 0 saturated carbocycles. The number of amides is 2. The third-order valence-corrected chi connectivity index (χ3v) is 3.87. The maximum atomic E-state index is 12.1. The Bertz CT molecular complexity index is 692. The Balaban J connectivity index is 1.71. The lowest BCUT2D eigenvalue weighted by atomic mass is 10.0. The summed E-state index contributed by atoms with van der Waals surface area (Å²) < 4.78 is 0. The van der Waals surface area contributed by atoms with Gasteiger partial charge in [-0.3, -0.25) is 14.6 Å². The van der Waals surface area contributed by atoms with E-state index >= 15 is 0 Å². The smallest absolute Gasteiger partial charge is 0.227 e. The summed E-state index contributed by atoms with van der Waals surface area (Å²) in [6, 6.07) is 10.9. The van der Waals surface area contributed by atoms with Gasteiger partial charge in [-0.05, 0) is 42.3 Å². The first kappa shape index (κ1) is 17.9. The van der Waals surface area contributed by atoms with Crippen molar-refractivity contribution in [2.75, 3.05) is 6.54 Å². The highest BCUT2D eigenvalue weighted by molar-refractivity contribution is 6.30. The number of nitrogens with one attached hydrogen (secondary N) is 2. The van der Waals surface area contributed by atoms with Crippen LogP contribution in [-0.2, 0) is 16.1 Å². The molecule has 2 amide bonds. The second kappa shape index (κ2) is 9.03. The van der Waals surface area contributed by atoms with Gasteiger partial charge in [-0.2, -0.15) is 0 Å². The molecular weight excluding hydrogens is 326 g/mol. The van der Waals surface area contributed by atoms with Crippen LogP contribution in [0.4, 0.5) is 0 Å². The summed E-state index contributed by atoms with van der Waals surface area (Å²) in [6.45, 7) is 2.56. The molecule has 0 fully saturated rings. The summed E-state index contributed by atoms with van der Waals surface area (Å²) in [7, 11) is 0. The Hall–Kier alpha value is -2.40. The van der Waals surface area contributed by atoms with Crippen LogP contribution in [0.1, 0.15) is 30.4 Å². The van der Waals surface area contributed by atoms with Crippen molar-refractivity contribution >= 4 is 23.4 Å².